The lowest BCUT2D eigenvalue weighted by Gasteiger charge is -2.08. The van der Waals surface area contributed by atoms with Crippen molar-refractivity contribution in [3.8, 4) is 0 Å². The Labute approximate surface area is 145 Å². The molecule has 3 aromatic carbocycles. The number of imidazole rings is 1. The van der Waals surface area contributed by atoms with Crippen LogP contribution in [0.15, 0.2) is 60.7 Å². The molecule has 3 heteroatoms. The van der Waals surface area contributed by atoms with E-state index in [4.69, 9.17) is 9.97 Å². The SMILES string of the molecule is CCCCc1nc2ccccc2c2nc3cc4ccccc4cc3n12. The molecule has 2 aromatic heterocycles. The van der Waals surface area contributed by atoms with Crippen molar-refractivity contribution in [3.63, 3.8) is 0 Å². The maximum atomic E-state index is 4.99. The van der Waals surface area contributed by atoms with Gasteiger partial charge in [-0.1, -0.05) is 49.7 Å². The van der Waals surface area contributed by atoms with Gasteiger partial charge in [-0.05, 0) is 41.5 Å². The fourth-order valence-corrected chi connectivity index (χ4v) is 3.66. The van der Waals surface area contributed by atoms with E-state index in [1.807, 2.05) is 6.07 Å². The van der Waals surface area contributed by atoms with Gasteiger partial charge in [-0.2, -0.15) is 0 Å². The molecule has 0 bridgehead atoms. The number of hydrogen-bond donors (Lipinski definition) is 0. The molecule has 0 amide bonds. The third-order valence-corrected chi connectivity index (χ3v) is 4.93. The molecular weight excluding hydrogens is 306 g/mol. The first-order chi connectivity index (χ1) is 12.3. The topological polar surface area (TPSA) is 30.2 Å². The first-order valence-electron chi connectivity index (χ1n) is 8.94. The molecule has 0 fully saturated rings. The van der Waals surface area contributed by atoms with Gasteiger partial charge in [0.1, 0.15) is 11.5 Å². The molecule has 0 unspecified atom stereocenters. The van der Waals surface area contributed by atoms with Gasteiger partial charge in [-0.15, -0.1) is 0 Å². The van der Waals surface area contributed by atoms with E-state index in [2.05, 4.69) is 65.9 Å². The molecule has 0 spiro atoms. The van der Waals surface area contributed by atoms with Crippen LogP contribution in [-0.4, -0.2) is 14.4 Å². The Bertz CT molecular complexity index is 1230. The Morgan fingerprint density at radius 1 is 0.840 bits per heavy atom. The van der Waals surface area contributed by atoms with Crippen molar-refractivity contribution in [2.24, 2.45) is 0 Å². The Morgan fingerprint density at radius 3 is 2.44 bits per heavy atom. The number of para-hydroxylation sites is 1. The summed E-state index contributed by atoms with van der Waals surface area (Å²) >= 11 is 0. The molecule has 0 saturated carbocycles. The quantitative estimate of drug-likeness (QED) is 0.436. The lowest BCUT2D eigenvalue weighted by molar-refractivity contribution is 0.749. The van der Waals surface area contributed by atoms with Gasteiger partial charge in [-0.3, -0.25) is 4.40 Å². The highest BCUT2D eigenvalue weighted by atomic mass is 15.1. The lowest BCUT2D eigenvalue weighted by Crippen LogP contribution is -2.02. The summed E-state index contributed by atoms with van der Waals surface area (Å²) in [6.07, 6.45) is 3.26. The number of nitrogens with zero attached hydrogens (tertiary/aromatic N) is 3. The monoisotopic (exact) mass is 325 g/mol. The van der Waals surface area contributed by atoms with Crippen molar-refractivity contribution < 1.29 is 0 Å². The first-order valence-corrected chi connectivity index (χ1v) is 8.94. The minimum atomic E-state index is 0.968. The van der Waals surface area contributed by atoms with Crippen molar-refractivity contribution in [1.29, 1.82) is 0 Å². The van der Waals surface area contributed by atoms with Crippen LogP contribution < -0.4 is 0 Å². The van der Waals surface area contributed by atoms with Crippen LogP contribution in [0.3, 0.4) is 0 Å². The molecule has 122 valence electrons. The summed E-state index contributed by atoms with van der Waals surface area (Å²) in [6, 6.07) is 21.2. The average Bonchev–Trinajstić information content (AvgIpc) is 3.03. The highest BCUT2D eigenvalue weighted by Crippen LogP contribution is 2.28. The number of benzene rings is 3. The number of aromatic nitrogens is 3. The molecule has 5 rings (SSSR count). The Hall–Kier alpha value is -2.94. The molecule has 3 nitrogen and oxygen atoms in total. The summed E-state index contributed by atoms with van der Waals surface area (Å²) in [5.41, 5.74) is 4.23. The normalized spacial score (nSPS) is 11.9. The minimum absolute atomic E-state index is 0.968. The largest absolute Gasteiger partial charge is 0.280 e. The number of fused-ring (bicyclic) bond motifs is 6. The number of unbranched alkanes of at least 4 members (excludes halogenated alkanes) is 1. The van der Waals surface area contributed by atoms with Crippen LogP contribution in [0.25, 0.3) is 38.4 Å². The molecule has 5 aromatic rings. The minimum Gasteiger partial charge on any atom is -0.280 e. The second kappa shape index (κ2) is 5.55. The molecule has 0 N–H and O–H groups in total. The lowest BCUT2D eigenvalue weighted by atomic mass is 10.1. The average molecular weight is 325 g/mol. The van der Waals surface area contributed by atoms with Crippen molar-refractivity contribution in [1.82, 2.24) is 14.4 Å². The van der Waals surface area contributed by atoms with Gasteiger partial charge in [0.25, 0.3) is 0 Å². The van der Waals surface area contributed by atoms with Crippen LogP contribution in [0.1, 0.15) is 25.6 Å². The van der Waals surface area contributed by atoms with Gasteiger partial charge >= 0.3 is 0 Å². The van der Waals surface area contributed by atoms with E-state index in [0.29, 0.717) is 0 Å². The van der Waals surface area contributed by atoms with Crippen LogP contribution in [-0.2, 0) is 6.42 Å². The van der Waals surface area contributed by atoms with E-state index in [1.165, 1.54) is 10.8 Å². The standard InChI is InChI=1S/C22H19N3/c1-2-3-12-21-23-18-11-7-6-10-17(18)22-24-19-13-15-8-4-5-9-16(15)14-20(19)25(21)22/h4-11,13-14H,2-3,12H2,1H3. The van der Waals surface area contributed by atoms with Crippen LogP contribution in [0.5, 0.6) is 0 Å². The Balaban J connectivity index is 1.96. The molecule has 0 atom stereocenters. The summed E-state index contributed by atoms with van der Waals surface area (Å²) in [4.78, 5) is 9.95. The molecule has 0 aliphatic rings. The van der Waals surface area contributed by atoms with Crippen LogP contribution >= 0.6 is 0 Å². The molecule has 0 aliphatic carbocycles. The highest BCUT2D eigenvalue weighted by molar-refractivity contribution is 6.01. The maximum absolute atomic E-state index is 4.99. The van der Waals surface area contributed by atoms with Gasteiger partial charge in [0.05, 0.1) is 16.6 Å². The van der Waals surface area contributed by atoms with E-state index in [9.17, 15) is 0 Å². The number of hydrogen-bond acceptors (Lipinski definition) is 2. The molecule has 0 saturated heterocycles. The smallest absolute Gasteiger partial charge is 0.148 e. The summed E-state index contributed by atoms with van der Waals surface area (Å²) in [5, 5.41) is 3.58. The van der Waals surface area contributed by atoms with E-state index < -0.39 is 0 Å². The Kier molecular flexibility index (Phi) is 3.20. The zero-order chi connectivity index (χ0) is 16.8. The number of rotatable bonds is 3. The molecule has 0 aliphatic heterocycles. The Morgan fingerprint density at radius 2 is 1.60 bits per heavy atom. The van der Waals surface area contributed by atoms with Crippen molar-refractivity contribution in [2.75, 3.05) is 0 Å². The van der Waals surface area contributed by atoms with E-state index in [0.717, 1.165) is 52.7 Å². The maximum Gasteiger partial charge on any atom is 0.148 e. The predicted molar refractivity (Wildman–Crippen MR) is 104 cm³/mol. The van der Waals surface area contributed by atoms with Crippen molar-refractivity contribution in [3.05, 3.63) is 66.5 Å². The van der Waals surface area contributed by atoms with Gasteiger partial charge in [0.15, 0.2) is 0 Å². The zero-order valence-corrected chi connectivity index (χ0v) is 14.2. The van der Waals surface area contributed by atoms with Gasteiger partial charge in [0.2, 0.25) is 0 Å². The predicted octanol–water partition coefficient (Wildman–Crippen LogP) is 5.53. The van der Waals surface area contributed by atoms with Crippen molar-refractivity contribution >= 4 is 38.4 Å². The molecule has 25 heavy (non-hydrogen) atoms. The van der Waals surface area contributed by atoms with E-state index in [1.54, 1.807) is 0 Å². The van der Waals surface area contributed by atoms with E-state index >= 15 is 0 Å². The third kappa shape index (κ3) is 2.19. The summed E-state index contributed by atoms with van der Waals surface area (Å²) in [7, 11) is 0. The second-order valence-corrected chi connectivity index (χ2v) is 6.61. The summed E-state index contributed by atoms with van der Waals surface area (Å²) < 4.78 is 2.26. The summed E-state index contributed by atoms with van der Waals surface area (Å²) in [5.74, 6) is 1.10. The van der Waals surface area contributed by atoms with Gasteiger partial charge < -0.3 is 0 Å². The van der Waals surface area contributed by atoms with Crippen LogP contribution in [0, 0.1) is 0 Å². The fourth-order valence-electron chi connectivity index (χ4n) is 3.66. The molecule has 0 radical (unpaired) electrons. The fraction of sp³-hybridized carbons (Fsp3) is 0.182. The number of aryl methyl sites for hydroxylation is 1. The highest BCUT2D eigenvalue weighted by Gasteiger charge is 2.14. The van der Waals surface area contributed by atoms with Crippen LogP contribution in [0.2, 0.25) is 0 Å². The zero-order valence-electron chi connectivity index (χ0n) is 14.2. The van der Waals surface area contributed by atoms with Gasteiger partial charge in [-0.25, -0.2) is 9.97 Å². The molecular formula is C22H19N3. The molecule has 2 heterocycles. The van der Waals surface area contributed by atoms with Gasteiger partial charge in [0, 0.05) is 11.8 Å². The first kappa shape index (κ1) is 14.4. The second-order valence-electron chi connectivity index (χ2n) is 6.61. The summed E-state index contributed by atoms with van der Waals surface area (Å²) in [6.45, 7) is 2.22. The van der Waals surface area contributed by atoms with Crippen molar-refractivity contribution in [2.45, 2.75) is 26.2 Å². The third-order valence-electron chi connectivity index (χ3n) is 4.93. The van der Waals surface area contributed by atoms with E-state index in [-0.39, 0.29) is 0 Å². The van der Waals surface area contributed by atoms with Crippen LogP contribution in [0.4, 0.5) is 0 Å².